The summed E-state index contributed by atoms with van der Waals surface area (Å²) in [5.74, 6) is -1.47. The van der Waals surface area contributed by atoms with E-state index in [1.54, 1.807) is 13.0 Å². The summed E-state index contributed by atoms with van der Waals surface area (Å²) in [7, 11) is 0. The zero-order valence-electron chi connectivity index (χ0n) is 14.5. The highest BCUT2D eigenvalue weighted by Crippen LogP contribution is 2.31. The third-order valence-electron chi connectivity index (χ3n) is 3.66. The highest BCUT2D eigenvalue weighted by atomic mass is 19.1. The van der Waals surface area contributed by atoms with Crippen molar-refractivity contribution in [3.8, 4) is 5.75 Å². The van der Waals surface area contributed by atoms with Crippen LogP contribution in [0.1, 0.15) is 36.2 Å². The second-order valence-corrected chi connectivity index (χ2v) is 6.33. The van der Waals surface area contributed by atoms with Gasteiger partial charge in [0.2, 0.25) is 0 Å². The van der Waals surface area contributed by atoms with Crippen molar-refractivity contribution in [3.05, 3.63) is 53.1 Å². The molecule has 0 spiro atoms. The van der Waals surface area contributed by atoms with E-state index < -0.39 is 17.5 Å². The molecular weight excluding hydrogens is 326 g/mol. The molecule has 0 radical (unpaired) electrons. The Morgan fingerprint density at radius 2 is 1.92 bits per heavy atom. The van der Waals surface area contributed by atoms with E-state index in [2.05, 4.69) is 5.32 Å². The molecule has 1 amide bonds. The molecule has 25 heavy (non-hydrogen) atoms. The maximum absolute atomic E-state index is 14.1. The fourth-order valence-electron chi connectivity index (χ4n) is 2.32. The van der Waals surface area contributed by atoms with E-state index in [1.165, 1.54) is 12.1 Å². The number of nitrogens with two attached hydrogens (primary N) is 1. The van der Waals surface area contributed by atoms with E-state index >= 15 is 0 Å². The molecule has 0 fully saturated rings. The fraction of sp³-hybridized carbons (Fsp3) is 0.316. The summed E-state index contributed by atoms with van der Waals surface area (Å²) in [4.78, 5) is 11.9. The van der Waals surface area contributed by atoms with Crippen LogP contribution in [0, 0.1) is 24.5 Å². The molecule has 0 heterocycles. The highest BCUT2D eigenvalue weighted by molar-refractivity contribution is 6.02. The number of aryl methyl sites for hydroxylation is 1. The van der Waals surface area contributed by atoms with Gasteiger partial charge in [0, 0.05) is 6.07 Å². The molecule has 4 nitrogen and oxygen atoms in total. The largest absolute Gasteiger partial charge is 0.493 e. The zero-order chi connectivity index (χ0) is 18.6. The van der Waals surface area contributed by atoms with Crippen molar-refractivity contribution in [1.29, 1.82) is 0 Å². The molecular formula is C19H22F2N2O2. The molecule has 2 aromatic carbocycles. The van der Waals surface area contributed by atoms with Gasteiger partial charge in [0.1, 0.15) is 22.9 Å². The van der Waals surface area contributed by atoms with E-state index in [1.807, 2.05) is 13.8 Å². The maximum atomic E-state index is 14.1. The Morgan fingerprint density at radius 1 is 1.20 bits per heavy atom. The van der Waals surface area contributed by atoms with Crippen molar-refractivity contribution in [2.75, 3.05) is 11.9 Å². The smallest absolute Gasteiger partial charge is 0.254 e. The van der Waals surface area contributed by atoms with Crippen LogP contribution < -0.4 is 15.8 Å². The summed E-state index contributed by atoms with van der Waals surface area (Å²) < 4.78 is 33.6. The van der Waals surface area contributed by atoms with Gasteiger partial charge in [-0.3, -0.25) is 4.79 Å². The molecule has 0 saturated heterocycles. The monoisotopic (exact) mass is 348 g/mol. The summed E-state index contributed by atoms with van der Waals surface area (Å²) >= 11 is 0. The molecule has 134 valence electrons. The van der Waals surface area contributed by atoms with Crippen LogP contribution in [-0.4, -0.2) is 12.5 Å². The van der Waals surface area contributed by atoms with Crippen molar-refractivity contribution in [2.24, 2.45) is 11.7 Å². The highest BCUT2D eigenvalue weighted by Gasteiger charge is 2.19. The van der Waals surface area contributed by atoms with Crippen LogP contribution in [0.5, 0.6) is 5.75 Å². The minimum Gasteiger partial charge on any atom is -0.493 e. The fourth-order valence-corrected chi connectivity index (χ4v) is 2.32. The lowest BCUT2D eigenvalue weighted by atomic mass is 10.1. The third kappa shape index (κ3) is 4.92. The minimum absolute atomic E-state index is 0.00914. The number of ether oxygens (including phenoxy) is 1. The Hall–Kier alpha value is -2.63. The van der Waals surface area contributed by atoms with Crippen LogP contribution in [0.4, 0.5) is 20.2 Å². The van der Waals surface area contributed by atoms with Crippen molar-refractivity contribution >= 4 is 17.3 Å². The quantitative estimate of drug-likeness (QED) is 0.772. The number of hydrogen-bond donors (Lipinski definition) is 2. The van der Waals surface area contributed by atoms with Gasteiger partial charge < -0.3 is 15.8 Å². The van der Waals surface area contributed by atoms with Crippen molar-refractivity contribution in [3.63, 3.8) is 0 Å². The molecule has 0 bridgehead atoms. The van der Waals surface area contributed by atoms with E-state index in [9.17, 15) is 13.6 Å². The van der Waals surface area contributed by atoms with Crippen LogP contribution in [0.3, 0.4) is 0 Å². The summed E-state index contributed by atoms with van der Waals surface area (Å²) in [5.41, 5.74) is 6.36. The number of halogens is 2. The number of anilines is 2. The number of rotatable bonds is 7. The van der Waals surface area contributed by atoms with E-state index in [4.69, 9.17) is 10.5 Å². The van der Waals surface area contributed by atoms with E-state index in [0.29, 0.717) is 12.5 Å². The molecule has 2 rings (SSSR count). The number of primary amides is 1. The molecule has 6 heteroatoms. The third-order valence-corrected chi connectivity index (χ3v) is 3.66. The molecule has 0 aliphatic carbocycles. The lowest BCUT2D eigenvalue weighted by Crippen LogP contribution is -2.16. The van der Waals surface area contributed by atoms with Crippen LogP contribution >= 0.6 is 0 Å². The first-order valence-electron chi connectivity index (χ1n) is 8.07. The van der Waals surface area contributed by atoms with Gasteiger partial charge in [0.15, 0.2) is 0 Å². The van der Waals surface area contributed by atoms with Crippen LogP contribution in [0.15, 0.2) is 30.3 Å². The molecule has 0 aromatic heterocycles. The van der Waals surface area contributed by atoms with E-state index in [0.717, 1.165) is 24.1 Å². The Labute approximate surface area is 146 Å². The predicted octanol–water partition coefficient (Wildman–Crippen LogP) is 4.54. The van der Waals surface area contributed by atoms with Crippen molar-refractivity contribution in [2.45, 2.75) is 27.2 Å². The number of hydrogen-bond acceptors (Lipinski definition) is 3. The minimum atomic E-state index is -0.783. The Bertz CT molecular complexity index is 776. The number of nitrogens with one attached hydrogen (secondary N) is 1. The van der Waals surface area contributed by atoms with Gasteiger partial charge in [-0.05, 0) is 43.0 Å². The first-order chi connectivity index (χ1) is 11.8. The van der Waals surface area contributed by atoms with Gasteiger partial charge >= 0.3 is 0 Å². The first kappa shape index (κ1) is 18.7. The maximum Gasteiger partial charge on any atom is 0.254 e. The molecule has 0 aliphatic heterocycles. The molecule has 0 aliphatic rings. The average Bonchev–Trinajstić information content (AvgIpc) is 2.49. The topological polar surface area (TPSA) is 64.3 Å². The first-order valence-corrected chi connectivity index (χ1v) is 8.07. The summed E-state index contributed by atoms with van der Waals surface area (Å²) in [5, 5.41) is 2.73. The Morgan fingerprint density at radius 3 is 2.52 bits per heavy atom. The second kappa shape index (κ2) is 7.96. The molecule has 0 atom stereocenters. The number of benzene rings is 2. The van der Waals surface area contributed by atoms with Gasteiger partial charge in [-0.2, -0.15) is 0 Å². The predicted molar refractivity (Wildman–Crippen MR) is 94.3 cm³/mol. The van der Waals surface area contributed by atoms with Gasteiger partial charge in [0.05, 0.1) is 18.0 Å². The SMILES string of the molecule is Cc1ccc(Nc2cc(F)cc(OCCC(C)C)c2C(N)=O)c(F)c1. The Kier molecular flexibility index (Phi) is 5.96. The number of amides is 1. The second-order valence-electron chi connectivity index (χ2n) is 6.33. The number of carbonyl (C=O) groups excluding carboxylic acids is 1. The molecule has 2 aromatic rings. The van der Waals surface area contributed by atoms with Crippen molar-refractivity contribution < 1.29 is 18.3 Å². The summed E-state index contributed by atoms with van der Waals surface area (Å²) in [6, 6.07) is 6.76. The standard InChI is InChI=1S/C19H22F2N2O2/c1-11(2)6-7-25-17-10-13(20)9-16(18(17)19(22)24)23-15-5-4-12(3)8-14(15)21/h4-5,8-11,23H,6-7H2,1-3H3,(H2,22,24). The number of carbonyl (C=O) groups is 1. The lowest BCUT2D eigenvalue weighted by molar-refractivity contribution is 0.0997. The lowest BCUT2D eigenvalue weighted by Gasteiger charge is -2.16. The Balaban J connectivity index is 2.38. The normalized spacial score (nSPS) is 10.8. The van der Waals surface area contributed by atoms with E-state index in [-0.39, 0.29) is 22.7 Å². The van der Waals surface area contributed by atoms with Gasteiger partial charge in [0.25, 0.3) is 5.91 Å². The van der Waals surface area contributed by atoms with Crippen LogP contribution in [0.25, 0.3) is 0 Å². The van der Waals surface area contributed by atoms with Crippen LogP contribution in [-0.2, 0) is 0 Å². The van der Waals surface area contributed by atoms with Crippen molar-refractivity contribution in [1.82, 2.24) is 0 Å². The zero-order valence-corrected chi connectivity index (χ0v) is 14.5. The molecule has 3 N–H and O–H groups in total. The van der Waals surface area contributed by atoms with Gasteiger partial charge in [-0.25, -0.2) is 8.78 Å². The average molecular weight is 348 g/mol. The van der Waals surface area contributed by atoms with Gasteiger partial charge in [-0.15, -0.1) is 0 Å². The van der Waals surface area contributed by atoms with Crippen LogP contribution in [0.2, 0.25) is 0 Å². The van der Waals surface area contributed by atoms with Gasteiger partial charge in [-0.1, -0.05) is 19.9 Å². The summed E-state index contributed by atoms with van der Waals surface area (Å²) in [6.07, 6.45) is 0.740. The molecule has 0 saturated carbocycles. The summed E-state index contributed by atoms with van der Waals surface area (Å²) in [6.45, 7) is 6.12. The molecule has 0 unspecified atom stereocenters.